The number of nitrogens with one attached hydrogen (secondary N) is 3. The second-order valence-corrected chi connectivity index (χ2v) is 8.61. The van der Waals surface area contributed by atoms with E-state index in [1.807, 2.05) is 6.92 Å². The molecule has 0 spiro atoms. The van der Waals surface area contributed by atoms with Crippen LogP contribution in [0.4, 0.5) is 5.69 Å². The average molecular weight is 462 g/mol. The predicted molar refractivity (Wildman–Crippen MR) is 123 cm³/mol. The largest absolute Gasteiger partial charge is 0.382 e. The summed E-state index contributed by atoms with van der Waals surface area (Å²) in [6, 6.07) is 5.28. The van der Waals surface area contributed by atoms with Crippen LogP contribution in [-0.4, -0.2) is 66.0 Å². The van der Waals surface area contributed by atoms with E-state index in [4.69, 9.17) is 0 Å². The summed E-state index contributed by atoms with van der Waals surface area (Å²) in [5, 5.41) is 13.3. The van der Waals surface area contributed by atoms with Crippen LogP contribution in [0.15, 0.2) is 18.2 Å². The Balaban J connectivity index is 1.93. The van der Waals surface area contributed by atoms with Gasteiger partial charge in [-0.3, -0.25) is 35.2 Å². The molecule has 10 heteroatoms. The van der Waals surface area contributed by atoms with Gasteiger partial charge in [0.25, 0.3) is 5.91 Å². The van der Waals surface area contributed by atoms with Gasteiger partial charge in [-0.05, 0) is 43.0 Å². The number of nitrogens with zero attached hydrogens (tertiary/aromatic N) is 2. The van der Waals surface area contributed by atoms with E-state index < -0.39 is 17.7 Å². The van der Waals surface area contributed by atoms with E-state index in [0.29, 0.717) is 23.5 Å². The summed E-state index contributed by atoms with van der Waals surface area (Å²) in [6.45, 7) is 1.90. The van der Waals surface area contributed by atoms with Crippen molar-refractivity contribution < 1.29 is 24.4 Å². The van der Waals surface area contributed by atoms with Crippen molar-refractivity contribution in [2.75, 3.05) is 26.0 Å². The van der Waals surface area contributed by atoms with Crippen molar-refractivity contribution in [2.24, 2.45) is 5.92 Å². The molecule has 182 valence electrons. The Morgan fingerprint density at radius 3 is 2.67 bits per heavy atom. The highest BCUT2D eigenvalue weighted by Crippen LogP contribution is 2.27. The van der Waals surface area contributed by atoms with Crippen LogP contribution >= 0.6 is 0 Å². The minimum Gasteiger partial charge on any atom is -0.382 e. The Bertz CT molecular complexity index is 845. The van der Waals surface area contributed by atoms with E-state index in [1.54, 1.807) is 37.2 Å². The Morgan fingerprint density at radius 1 is 1.24 bits per heavy atom. The zero-order valence-electron chi connectivity index (χ0n) is 19.6. The molecule has 0 radical (unpaired) electrons. The highest BCUT2D eigenvalue weighted by atomic mass is 16.5. The first-order valence-corrected chi connectivity index (χ1v) is 11.4. The fraction of sp³-hybridized carbons (Fsp3) is 0.565. The molecular weight excluding hydrogens is 426 g/mol. The molecule has 1 aromatic rings. The molecule has 0 saturated carbocycles. The van der Waals surface area contributed by atoms with Crippen molar-refractivity contribution in [3.05, 3.63) is 29.3 Å². The van der Waals surface area contributed by atoms with Gasteiger partial charge in [0.05, 0.1) is 12.5 Å². The number of aryl methyl sites for hydroxylation is 1. The molecule has 33 heavy (non-hydrogen) atoms. The molecule has 10 nitrogen and oxygen atoms in total. The van der Waals surface area contributed by atoms with Crippen molar-refractivity contribution in [2.45, 2.75) is 57.9 Å². The van der Waals surface area contributed by atoms with Crippen LogP contribution in [0.25, 0.3) is 0 Å². The second-order valence-electron chi connectivity index (χ2n) is 8.61. The molecule has 4 amide bonds. The van der Waals surface area contributed by atoms with Gasteiger partial charge in [-0.25, -0.2) is 5.06 Å². The lowest BCUT2D eigenvalue weighted by molar-refractivity contribution is -0.154. The molecule has 2 rings (SSSR count). The summed E-state index contributed by atoms with van der Waals surface area (Å²) in [4.78, 5) is 49.3. The molecule has 1 aliphatic heterocycles. The third-order valence-corrected chi connectivity index (χ3v) is 5.76. The molecule has 0 saturated heterocycles. The molecule has 1 unspecified atom stereocenters. The van der Waals surface area contributed by atoms with Crippen molar-refractivity contribution in [1.82, 2.24) is 20.8 Å². The summed E-state index contributed by atoms with van der Waals surface area (Å²) in [7, 11) is 3.47. The van der Waals surface area contributed by atoms with Crippen LogP contribution in [0.1, 0.15) is 61.4 Å². The van der Waals surface area contributed by atoms with Crippen LogP contribution in [0, 0.1) is 5.92 Å². The Kier molecular flexibility index (Phi) is 10.1. The molecule has 4 N–H and O–H groups in total. The topological polar surface area (TPSA) is 131 Å². The Morgan fingerprint density at radius 2 is 2.00 bits per heavy atom. The quantitative estimate of drug-likeness (QED) is 0.172. The molecule has 1 aromatic carbocycles. The van der Waals surface area contributed by atoms with Crippen LogP contribution < -0.4 is 16.2 Å². The number of rotatable bonds is 11. The number of carbonyl (C=O) groups is 4. The van der Waals surface area contributed by atoms with E-state index in [1.165, 1.54) is 0 Å². The number of hydrazine groups is 1. The summed E-state index contributed by atoms with van der Waals surface area (Å²) >= 11 is 0. The van der Waals surface area contributed by atoms with Crippen LogP contribution in [0.2, 0.25) is 0 Å². The lowest BCUT2D eigenvalue weighted by Gasteiger charge is -2.28. The SMILES string of the molecule is CCCCC[C@H](CN(O)C=O)C(=O)NNC(=O)c1ccc2c(c1)CCC(CC(=O)N(C)C)N2. The summed E-state index contributed by atoms with van der Waals surface area (Å²) in [5.74, 6) is -1.50. The summed E-state index contributed by atoms with van der Waals surface area (Å²) in [6.07, 6.45) is 5.34. The summed E-state index contributed by atoms with van der Waals surface area (Å²) < 4.78 is 0. The highest BCUT2D eigenvalue weighted by Gasteiger charge is 2.23. The fourth-order valence-electron chi connectivity index (χ4n) is 3.76. The number of anilines is 1. The molecule has 0 aromatic heterocycles. The highest BCUT2D eigenvalue weighted by molar-refractivity contribution is 5.96. The lowest BCUT2D eigenvalue weighted by atomic mass is 9.94. The molecule has 0 aliphatic carbocycles. The maximum atomic E-state index is 12.6. The minimum absolute atomic E-state index is 0.0495. The van der Waals surface area contributed by atoms with Gasteiger partial charge < -0.3 is 10.2 Å². The minimum atomic E-state index is -0.637. The van der Waals surface area contributed by atoms with E-state index in [-0.39, 0.29) is 24.9 Å². The van der Waals surface area contributed by atoms with Crippen molar-refractivity contribution >= 4 is 29.8 Å². The van der Waals surface area contributed by atoms with E-state index >= 15 is 0 Å². The lowest BCUT2D eigenvalue weighted by Crippen LogP contribution is -2.46. The first-order valence-electron chi connectivity index (χ1n) is 11.4. The standard InChI is InChI=1S/C23H35N5O5/c1-4-5-6-7-18(14-28(33)15-29)23(32)26-25-22(31)17-9-11-20-16(12-17)8-10-19(24-20)13-21(30)27(2)3/h9,11-12,15,18-19,24,33H,4-8,10,13-14H2,1-3H3,(H,25,31)(H,26,32)/t18-,19?/m1/s1. The van der Waals surface area contributed by atoms with Crippen LogP contribution in [-0.2, 0) is 20.8 Å². The normalized spacial score (nSPS) is 15.5. The summed E-state index contributed by atoms with van der Waals surface area (Å²) in [5.41, 5.74) is 7.09. The van der Waals surface area contributed by atoms with Gasteiger partial charge in [-0.15, -0.1) is 0 Å². The van der Waals surface area contributed by atoms with Gasteiger partial charge in [0.1, 0.15) is 0 Å². The number of hydrogen-bond acceptors (Lipinski definition) is 6. The smallest absolute Gasteiger partial charge is 0.269 e. The van der Waals surface area contributed by atoms with Gasteiger partial charge in [0, 0.05) is 37.8 Å². The number of benzene rings is 1. The molecule has 0 bridgehead atoms. The third kappa shape index (κ3) is 8.05. The predicted octanol–water partition coefficient (Wildman–Crippen LogP) is 1.70. The maximum Gasteiger partial charge on any atom is 0.269 e. The van der Waals surface area contributed by atoms with Gasteiger partial charge >= 0.3 is 0 Å². The molecule has 1 aliphatic rings. The first-order chi connectivity index (χ1) is 15.7. The second kappa shape index (κ2) is 12.8. The molecule has 2 atom stereocenters. The Hall–Kier alpha value is -3.14. The first kappa shape index (κ1) is 26.1. The number of amides is 4. The average Bonchev–Trinajstić information content (AvgIpc) is 2.81. The number of carbonyl (C=O) groups excluding carboxylic acids is 4. The zero-order chi connectivity index (χ0) is 24.4. The molecule has 0 fully saturated rings. The zero-order valence-corrected chi connectivity index (χ0v) is 19.6. The fourth-order valence-corrected chi connectivity index (χ4v) is 3.76. The number of fused-ring (bicyclic) bond motifs is 1. The number of hydroxylamine groups is 2. The number of hydrogen-bond donors (Lipinski definition) is 4. The van der Waals surface area contributed by atoms with Crippen molar-refractivity contribution in [1.29, 1.82) is 0 Å². The van der Waals surface area contributed by atoms with E-state index in [2.05, 4.69) is 16.2 Å². The van der Waals surface area contributed by atoms with E-state index in [0.717, 1.165) is 43.4 Å². The van der Waals surface area contributed by atoms with Crippen molar-refractivity contribution in [3.63, 3.8) is 0 Å². The van der Waals surface area contributed by atoms with Crippen LogP contribution in [0.5, 0.6) is 0 Å². The van der Waals surface area contributed by atoms with E-state index in [9.17, 15) is 24.4 Å². The molecule has 1 heterocycles. The van der Waals surface area contributed by atoms with Crippen molar-refractivity contribution in [3.8, 4) is 0 Å². The number of unbranched alkanes of at least 4 members (excludes halogenated alkanes) is 2. The molecular formula is C23H35N5O5. The maximum absolute atomic E-state index is 12.6. The monoisotopic (exact) mass is 461 g/mol. The third-order valence-electron chi connectivity index (χ3n) is 5.76. The van der Waals surface area contributed by atoms with Gasteiger partial charge in [-0.2, -0.15) is 0 Å². The Labute approximate surface area is 194 Å². The van der Waals surface area contributed by atoms with Crippen LogP contribution in [0.3, 0.4) is 0 Å². The van der Waals surface area contributed by atoms with Gasteiger partial charge in [0.2, 0.25) is 18.2 Å². The van der Waals surface area contributed by atoms with Gasteiger partial charge in [0.15, 0.2) is 0 Å². The van der Waals surface area contributed by atoms with Gasteiger partial charge in [-0.1, -0.05) is 26.2 Å².